The summed E-state index contributed by atoms with van der Waals surface area (Å²) in [5.41, 5.74) is 1.05. The Morgan fingerprint density at radius 2 is 1.74 bits per heavy atom. The monoisotopic (exact) mass is 492 g/mol. The number of aromatic hydroxyl groups is 1. The second-order valence-corrected chi connectivity index (χ2v) is 8.70. The van der Waals surface area contributed by atoms with E-state index in [1.807, 2.05) is 0 Å². The molecule has 0 aromatic heterocycles. The maximum absolute atomic E-state index is 12.4. The van der Waals surface area contributed by atoms with Crippen LogP contribution in [0.5, 0.6) is 5.75 Å². The summed E-state index contributed by atoms with van der Waals surface area (Å²) < 4.78 is 27.6. The van der Waals surface area contributed by atoms with Crippen LogP contribution in [0.2, 0.25) is 0 Å². The van der Waals surface area contributed by atoms with E-state index in [1.165, 1.54) is 30.5 Å². The molecule has 12 nitrogen and oxygen atoms in total. The van der Waals surface area contributed by atoms with Crippen LogP contribution in [0.25, 0.3) is 0 Å². The summed E-state index contributed by atoms with van der Waals surface area (Å²) in [7, 11) is 0. The largest absolute Gasteiger partial charge is 0.508 e. The maximum atomic E-state index is 12.4. The summed E-state index contributed by atoms with van der Waals surface area (Å²) in [5.74, 6) is -2.34. The summed E-state index contributed by atoms with van der Waals surface area (Å²) in [6, 6.07) is 5.52. The fourth-order valence-electron chi connectivity index (χ4n) is 4.76. The Morgan fingerprint density at radius 3 is 2.46 bits per heavy atom. The van der Waals surface area contributed by atoms with Crippen molar-refractivity contribution in [2.24, 2.45) is 11.8 Å². The molecule has 2 saturated heterocycles. The minimum absolute atomic E-state index is 0.00143. The first-order valence-electron chi connectivity index (χ1n) is 11.0. The molecule has 0 saturated carbocycles. The Morgan fingerprint density at radius 1 is 1.00 bits per heavy atom. The predicted molar refractivity (Wildman–Crippen MR) is 111 cm³/mol. The number of carbonyl (C=O) groups is 2. The first kappa shape index (κ1) is 23.7. The lowest BCUT2D eigenvalue weighted by atomic mass is 9.84. The van der Waals surface area contributed by atoms with Gasteiger partial charge in [-0.15, -0.1) is 0 Å². The zero-order chi connectivity index (χ0) is 24.9. The topological polar surface area (TPSA) is 181 Å². The van der Waals surface area contributed by atoms with E-state index in [0.717, 1.165) is 0 Å². The van der Waals surface area contributed by atoms with Gasteiger partial charge >= 0.3 is 11.9 Å². The summed E-state index contributed by atoms with van der Waals surface area (Å²) >= 11 is 0. The minimum Gasteiger partial charge on any atom is -0.508 e. The van der Waals surface area contributed by atoms with Gasteiger partial charge in [-0.25, -0.2) is 9.59 Å². The first-order chi connectivity index (χ1) is 16.8. The van der Waals surface area contributed by atoms with E-state index in [4.69, 9.17) is 23.7 Å². The number of aliphatic hydroxyl groups is 4. The fourth-order valence-corrected chi connectivity index (χ4v) is 4.76. The number of rotatable bonds is 6. The molecule has 4 aliphatic rings. The molecule has 35 heavy (non-hydrogen) atoms. The van der Waals surface area contributed by atoms with E-state index in [-0.39, 0.29) is 23.5 Å². The van der Waals surface area contributed by atoms with Crippen molar-refractivity contribution in [2.75, 3.05) is 13.2 Å². The molecule has 1 aromatic rings. The Labute approximate surface area is 198 Å². The molecule has 188 valence electrons. The smallest absolute Gasteiger partial charge is 0.338 e. The van der Waals surface area contributed by atoms with Crippen molar-refractivity contribution < 1.29 is 58.8 Å². The van der Waals surface area contributed by atoms with Crippen LogP contribution in [0, 0.1) is 11.8 Å². The van der Waals surface area contributed by atoms with Crippen LogP contribution in [0.1, 0.15) is 10.4 Å². The second kappa shape index (κ2) is 9.22. The van der Waals surface area contributed by atoms with Crippen molar-refractivity contribution in [3.8, 4) is 5.75 Å². The van der Waals surface area contributed by atoms with Crippen molar-refractivity contribution in [1.82, 2.24) is 0 Å². The number of benzene rings is 1. The normalized spacial score (nSPS) is 37.6. The van der Waals surface area contributed by atoms with Crippen molar-refractivity contribution in [1.29, 1.82) is 0 Å². The van der Waals surface area contributed by atoms with Crippen molar-refractivity contribution in [2.45, 2.75) is 43.1 Å². The highest BCUT2D eigenvalue weighted by Gasteiger charge is 2.56. The van der Waals surface area contributed by atoms with Gasteiger partial charge in [0.1, 0.15) is 42.9 Å². The summed E-state index contributed by atoms with van der Waals surface area (Å²) in [6.07, 6.45) is -6.41. The zero-order valence-electron chi connectivity index (χ0n) is 18.2. The van der Waals surface area contributed by atoms with Crippen molar-refractivity contribution >= 4 is 11.9 Å². The molecule has 0 amide bonds. The molecule has 0 radical (unpaired) electrons. The van der Waals surface area contributed by atoms with E-state index in [2.05, 4.69) is 0 Å². The van der Waals surface area contributed by atoms with Crippen LogP contribution in [0.3, 0.4) is 0 Å². The third-order valence-electron chi connectivity index (χ3n) is 6.60. The lowest BCUT2D eigenvalue weighted by Gasteiger charge is -2.42. The van der Waals surface area contributed by atoms with Crippen molar-refractivity contribution in [3.63, 3.8) is 0 Å². The number of hydrogen-bond acceptors (Lipinski definition) is 12. The Hall–Kier alpha value is -3.00. The number of phenols is 1. The van der Waals surface area contributed by atoms with Gasteiger partial charge in [0.2, 0.25) is 6.29 Å². The van der Waals surface area contributed by atoms with Gasteiger partial charge < -0.3 is 49.2 Å². The molecule has 0 unspecified atom stereocenters. The van der Waals surface area contributed by atoms with E-state index < -0.39 is 73.5 Å². The molecular formula is C23H24O12. The van der Waals surface area contributed by atoms with E-state index in [0.29, 0.717) is 5.57 Å². The molecule has 2 fully saturated rings. The van der Waals surface area contributed by atoms with Crippen LogP contribution in [0.15, 0.2) is 47.7 Å². The molecular weight excluding hydrogens is 468 g/mol. The second-order valence-electron chi connectivity index (χ2n) is 8.70. The van der Waals surface area contributed by atoms with Crippen LogP contribution in [0.4, 0.5) is 0 Å². The molecule has 3 heterocycles. The summed E-state index contributed by atoms with van der Waals surface area (Å²) in [4.78, 5) is 24.6. The minimum atomic E-state index is -1.65. The molecule has 5 N–H and O–H groups in total. The highest BCUT2D eigenvalue weighted by atomic mass is 16.8. The average Bonchev–Trinajstić information content (AvgIpc) is 3.37. The van der Waals surface area contributed by atoms with E-state index >= 15 is 0 Å². The highest BCUT2D eigenvalue weighted by molar-refractivity contribution is 5.92. The van der Waals surface area contributed by atoms with Crippen LogP contribution in [-0.4, -0.2) is 93.8 Å². The number of carbonyl (C=O) groups excluding carboxylic acids is 2. The fraction of sp³-hybridized carbons (Fsp3) is 0.478. The molecule has 0 spiro atoms. The van der Waals surface area contributed by atoms with Gasteiger partial charge in [-0.3, -0.25) is 0 Å². The standard InChI is InChI=1S/C23H24O12/c24-6-14-17(26)18(27)19(28)23(34-14)35-22-15-10(5-13-16(15)12(8-32-22)21(30)33-13)7-31-20(29)9-1-3-11(25)4-2-9/h1-5,8,13-19,22-28H,6-7H2/t13-,14+,15+,16-,17+,18-,19+,22-,23-/m0/s1. The Balaban J connectivity index is 1.34. The van der Waals surface area contributed by atoms with Gasteiger partial charge in [-0.05, 0) is 35.9 Å². The third kappa shape index (κ3) is 4.18. The quantitative estimate of drug-likeness (QED) is 0.234. The Bertz CT molecular complexity index is 1050. The Kier molecular flexibility index (Phi) is 6.25. The molecule has 12 heteroatoms. The lowest BCUT2D eigenvalue weighted by Crippen LogP contribution is -2.60. The van der Waals surface area contributed by atoms with Gasteiger partial charge in [0.05, 0.1) is 29.9 Å². The van der Waals surface area contributed by atoms with Gasteiger partial charge in [0.25, 0.3) is 0 Å². The summed E-state index contributed by atoms with van der Waals surface area (Å²) in [5, 5.41) is 49.2. The lowest BCUT2D eigenvalue weighted by molar-refractivity contribution is -0.339. The number of ether oxygens (including phenoxy) is 5. The number of hydrogen-bond donors (Lipinski definition) is 5. The zero-order valence-corrected chi connectivity index (χ0v) is 18.2. The van der Waals surface area contributed by atoms with Gasteiger partial charge in [-0.1, -0.05) is 0 Å². The van der Waals surface area contributed by atoms with Crippen LogP contribution >= 0.6 is 0 Å². The molecule has 1 aromatic carbocycles. The highest BCUT2D eigenvalue weighted by Crippen LogP contribution is 2.49. The molecule has 9 atom stereocenters. The molecule has 0 bridgehead atoms. The first-order valence-corrected chi connectivity index (χ1v) is 11.0. The van der Waals surface area contributed by atoms with Crippen LogP contribution < -0.4 is 0 Å². The SMILES string of the molecule is O=C1O[C@H]2C=C(COC(=O)c3ccc(O)cc3)[C@H]3[C@H](O[C@@H]4O[C@H](CO)[C@@H](O)[C@H](O)[C@H]4O)OC=C1[C@H]32. The third-order valence-corrected chi connectivity index (χ3v) is 6.60. The van der Waals surface area contributed by atoms with Gasteiger partial charge in [0, 0.05) is 5.92 Å². The predicted octanol–water partition coefficient (Wildman–Crippen LogP) is -1.30. The summed E-state index contributed by atoms with van der Waals surface area (Å²) in [6.45, 7) is -0.810. The molecule has 3 aliphatic heterocycles. The molecule has 1 aliphatic carbocycles. The average molecular weight is 492 g/mol. The van der Waals surface area contributed by atoms with E-state index in [9.17, 15) is 35.1 Å². The number of aliphatic hydroxyl groups excluding tert-OH is 4. The molecule has 5 rings (SSSR count). The van der Waals surface area contributed by atoms with Gasteiger partial charge in [0.15, 0.2) is 6.29 Å². The van der Waals surface area contributed by atoms with Crippen LogP contribution in [-0.2, 0) is 28.5 Å². The van der Waals surface area contributed by atoms with Crippen molar-refractivity contribution in [3.05, 3.63) is 53.3 Å². The number of phenolic OH excluding ortho intramolecular Hbond substituents is 1. The van der Waals surface area contributed by atoms with E-state index in [1.54, 1.807) is 6.08 Å². The maximum Gasteiger partial charge on any atom is 0.338 e. The van der Waals surface area contributed by atoms with Gasteiger partial charge in [-0.2, -0.15) is 0 Å². The number of esters is 2.